The number of benzene rings is 2. The molecule has 0 heterocycles. The summed E-state index contributed by atoms with van der Waals surface area (Å²) < 4.78 is 14.2. The Morgan fingerprint density at radius 1 is 1.10 bits per heavy atom. The van der Waals surface area contributed by atoms with E-state index in [4.69, 9.17) is 11.6 Å². The maximum absolute atomic E-state index is 14.2. The summed E-state index contributed by atoms with van der Waals surface area (Å²) in [6.45, 7) is 7.32. The highest BCUT2D eigenvalue weighted by Gasteiger charge is 2.28. The van der Waals surface area contributed by atoms with E-state index in [1.54, 1.807) is 25.1 Å². The molecule has 30 heavy (non-hydrogen) atoms. The highest BCUT2D eigenvalue weighted by molar-refractivity contribution is 7.99. The van der Waals surface area contributed by atoms with Gasteiger partial charge in [0, 0.05) is 28.4 Å². The number of hydrogen-bond donors (Lipinski definition) is 1. The minimum atomic E-state index is -0.739. The van der Waals surface area contributed by atoms with Crippen LogP contribution in [0.15, 0.2) is 48.5 Å². The molecule has 2 rings (SSSR count). The van der Waals surface area contributed by atoms with Crippen LogP contribution in [-0.2, 0) is 21.9 Å². The van der Waals surface area contributed by atoms with Crippen LogP contribution in [-0.4, -0.2) is 34.0 Å². The second-order valence-electron chi connectivity index (χ2n) is 8.11. The summed E-state index contributed by atoms with van der Waals surface area (Å²) in [7, 11) is 0. The molecule has 4 nitrogen and oxygen atoms in total. The first-order valence-corrected chi connectivity index (χ1v) is 11.3. The Balaban J connectivity index is 2.13. The van der Waals surface area contributed by atoms with Crippen LogP contribution in [0.1, 0.15) is 38.8 Å². The molecule has 0 aliphatic carbocycles. The van der Waals surface area contributed by atoms with Crippen LogP contribution >= 0.6 is 23.4 Å². The van der Waals surface area contributed by atoms with Crippen molar-refractivity contribution >= 4 is 35.2 Å². The molecule has 0 saturated carbocycles. The van der Waals surface area contributed by atoms with Gasteiger partial charge in [-0.2, -0.15) is 0 Å². The van der Waals surface area contributed by atoms with Gasteiger partial charge in [-0.1, -0.05) is 48.0 Å². The molecular weight excluding hydrogens is 423 g/mol. The molecule has 0 aliphatic heterocycles. The first-order chi connectivity index (χ1) is 14.1. The van der Waals surface area contributed by atoms with Gasteiger partial charge in [-0.05, 0) is 45.4 Å². The number of rotatable bonds is 8. The zero-order valence-electron chi connectivity index (χ0n) is 17.7. The Morgan fingerprint density at radius 2 is 1.70 bits per heavy atom. The van der Waals surface area contributed by atoms with E-state index in [0.717, 1.165) is 5.56 Å². The third kappa shape index (κ3) is 7.33. The van der Waals surface area contributed by atoms with Gasteiger partial charge < -0.3 is 10.2 Å². The van der Waals surface area contributed by atoms with E-state index >= 15 is 0 Å². The lowest BCUT2D eigenvalue weighted by molar-refractivity contribution is -0.139. The standard InChI is InChI=1S/C23H28ClFN2O2S/c1-16(22(29)26-23(2,3)4)27(13-17-9-6-8-12-20(17)25)21(28)15-30-14-18-10-5-7-11-19(18)24/h5-12,16H,13-15H2,1-4H3,(H,26,29)/t16-/m0/s1. The van der Waals surface area contributed by atoms with Crippen molar-refractivity contribution in [2.24, 2.45) is 0 Å². The predicted molar refractivity (Wildman–Crippen MR) is 122 cm³/mol. The van der Waals surface area contributed by atoms with Gasteiger partial charge in [0.15, 0.2) is 0 Å². The summed E-state index contributed by atoms with van der Waals surface area (Å²) in [5, 5.41) is 3.54. The van der Waals surface area contributed by atoms with Gasteiger partial charge in [0.25, 0.3) is 0 Å². The highest BCUT2D eigenvalue weighted by atomic mass is 35.5. The molecule has 1 atom stereocenters. The van der Waals surface area contributed by atoms with E-state index in [9.17, 15) is 14.0 Å². The lowest BCUT2D eigenvalue weighted by Gasteiger charge is -2.31. The first-order valence-electron chi connectivity index (χ1n) is 9.74. The molecule has 0 fully saturated rings. The van der Waals surface area contributed by atoms with Crippen LogP contribution in [0, 0.1) is 5.82 Å². The molecule has 0 saturated heterocycles. The normalized spacial score (nSPS) is 12.3. The van der Waals surface area contributed by atoms with E-state index in [1.165, 1.54) is 22.7 Å². The second-order valence-corrected chi connectivity index (χ2v) is 9.51. The Bertz CT molecular complexity index is 886. The number of amides is 2. The van der Waals surface area contributed by atoms with Crippen molar-refractivity contribution in [1.29, 1.82) is 0 Å². The monoisotopic (exact) mass is 450 g/mol. The van der Waals surface area contributed by atoms with Crippen molar-refractivity contribution in [3.8, 4) is 0 Å². The van der Waals surface area contributed by atoms with Crippen LogP contribution in [0.3, 0.4) is 0 Å². The van der Waals surface area contributed by atoms with Crippen LogP contribution < -0.4 is 5.32 Å². The fourth-order valence-electron chi connectivity index (χ4n) is 2.81. The second kappa shape index (κ2) is 10.8. The summed E-state index contributed by atoms with van der Waals surface area (Å²) in [5.74, 6) is -0.175. The summed E-state index contributed by atoms with van der Waals surface area (Å²) in [6, 6.07) is 13.0. The molecule has 7 heteroatoms. The molecule has 0 spiro atoms. The highest BCUT2D eigenvalue weighted by Crippen LogP contribution is 2.22. The fourth-order valence-corrected chi connectivity index (χ4v) is 4.01. The van der Waals surface area contributed by atoms with Crippen LogP contribution in [0.2, 0.25) is 5.02 Å². The van der Waals surface area contributed by atoms with Crippen molar-refractivity contribution in [2.45, 2.75) is 51.6 Å². The minimum absolute atomic E-state index is 0.0247. The molecular formula is C23H28ClFN2O2S. The molecule has 0 bridgehead atoms. The third-order valence-corrected chi connectivity index (χ3v) is 5.74. The summed E-state index contributed by atoms with van der Waals surface area (Å²) in [4.78, 5) is 27.1. The number of hydrogen-bond acceptors (Lipinski definition) is 3. The Kier molecular flexibility index (Phi) is 8.74. The van der Waals surface area contributed by atoms with Crippen molar-refractivity contribution in [1.82, 2.24) is 10.2 Å². The minimum Gasteiger partial charge on any atom is -0.350 e. The smallest absolute Gasteiger partial charge is 0.242 e. The van der Waals surface area contributed by atoms with Crippen molar-refractivity contribution < 1.29 is 14.0 Å². The van der Waals surface area contributed by atoms with Crippen LogP contribution in [0.25, 0.3) is 0 Å². The number of halogens is 2. The third-order valence-electron chi connectivity index (χ3n) is 4.40. The molecule has 0 unspecified atom stereocenters. The predicted octanol–water partition coefficient (Wildman–Crippen LogP) is 5.04. The van der Waals surface area contributed by atoms with E-state index in [0.29, 0.717) is 16.3 Å². The molecule has 2 aromatic carbocycles. The van der Waals surface area contributed by atoms with E-state index in [-0.39, 0.29) is 24.1 Å². The lowest BCUT2D eigenvalue weighted by atomic mass is 10.1. The van der Waals surface area contributed by atoms with E-state index < -0.39 is 17.4 Å². The van der Waals surface area contributed by atoms with Crippen molar-refractivity contribution in [3.63, 3.8) is 0 Å². The summed E-state index contributed by atoms with van der Waals surface area (Å²) in [6.07, 6.45) is 0. The quantitative estimate of drug-likeness (QED) is 0.612. The largest absolute Gasteiger partial charge is 0.350 e. The van der Waals surface area contributed by atoms with Crippen LogP contribution in [0.4, 0.5) is 4.39 Å². The average molecular weight is 451 g/mol. The number of thioether (sulfide) groups is 1. The molecule has 1 N–H and O–H groups in total. The van der Waals surface area contributed by atoms with E-state index in [1.807, 2.05) is 45.0 Å². The Labute approximate surface area is 187 Å². The number of nitrogens with one attached hydrogen (secondary N) is 1. The van der Waals surface area contributed by atoms with Gasteiger partial charge in [-0.3, -0.25) is 9.59 Å². The fraction of sp³-hybridized carbons (Fsp3) is 0.391. The zero-order chi connectivity index (χ0) is 22.3. The van der Waals surface area contributed by atoms with Crippen LogP contribution in [0.5, 0.6) is 0 Å². The zero-order valence-corrected chi connectivity index (χ0v) is 19.3. The van der Waals surface area contributed by atoms with Crippen molar-refractivity contribution in [3.05, 3.63) is 70.5 Å². The Hall–Kier alpha value is -2.05. The molecule has 2 amide bonds. The topological polar surface area (TPSA) is 49.4 Å². The molecule has 0 aliphatic rings. The maximum atomic E-state index is 14.2. The number of carbonyl (C=O) groups excluding carboxylic acids is 2. The number of nitrogens with zero attached hydrogens (tertiary/aromatic N) is 1. The average Bonchev–Trinajstić information content (AvgIpc) is 2.67. The summed E-state index contributed by atoms with van der Waals surface area (Å²) in [5.41, 5.74) is 0.880. The van der Waals surface area contributed by atoms with Gasteiger partial charge in [0.05, 0.1) is 5.75 Å². The molecule has 2 aromatic rings. The van der Waals surface area contributed by atoms with E-state index in [2.05, 4.69) is 5.32 Å². The lowest BCUT2D eigenvalue weighted by Crippen LogP contribution is -2.52. The Morgan fingerprint density at radius 3 is 2.30 bits per heavy atom. The SMILES string of the molecule is C[C@@H](C(=O)NC(C)(C)C)N(Cc1ccccc1F)C(=O)CSCc1ccccc1Cl. The van der Waals surface area contributed by atoms with Gasteiger partial charge in [-0.25, -0.2) is 4.39 Å². The first kappa shape index (κ1) is 24.2. The van der Waals surface area contributed by atoms with Gasteiger partial charge in [0.2, 0.25) is 11.8 Å². The molecule has 0 aromatic heterocycles. The van der Waals surface area contributed by atoms with Gasteiger partial charge in [0.1, 0.15) is 11.9 Å². The van der Waals surface area contributed by atoms with Crippen molar-refractivity contribution in [2.75, 3.05) is 5.75 Å². The maximum Gasteiger partial charge on any atom is 0.242 e. The van der Waals surface area contributed by atoms with Gasteiger partial charge >= 0.3 is 0 Å². The summed E-state index contributed by atoms with van der Waals surface area (Å²) >= 11 is 7.59. The molecule has 162 valence electrons. The number of carbonyl (C=O) groups is 2. The van der Waals surface area contributed by atoms with Gasteiger partial charge in [-0.15, -0.1) is 11.8 Å². The molecule has 0 radical (unpaired) electrons.